The van der Waals surface area contributed by atoms with Gasteiger partial charge in [-0.2, -0.15) is 0 Å². The van der Waals surface area contributed by atoms with Gasteiger partial charge in [0.05, 0.1) is 5.41 Å². The third-order valence-electron chi connectivity index (χ3n) is 11.6. The van der Waals surface area contributed by atoms with Crippen molar-refractivity contribution in [3.8, 4) is 45.3 Å². The average molecular weight is 746 g/mol. The van der Waals surface area contributed by atoms with Crippen molar-refractivity contribution >= 4 is 53.4 Å². The SMILES string of the molecule is c1ccc(-c2nc(-c3ccc(C4(c5ccc6sc7ccccc7c6c5)c5ccccc5-c5ccccc54)cc3)nc(-c3cccc4oc5ccccc5c34)n2)cc1. The molecule has 1 aliphatic carbocycles. The van der Waals surface area contributed by atoms with Gasteiger partial charge in [-0.3, -0.25) is 0 Å². The van der Waals surface area contributed by atoms with Crippen molar-refractivity contribution in [3.63, 3.8) is 0 Å². The Kier molecular flexibility index (Phi) is 6.98. The Morgan fingerprint density at radius 3 is 1.72 bits per heavy atom. The Morgan fingerprint density at radius 2 is 0.947 bits per heavy atom. The molecule has 0 atom stereocenters. The summed E-state index contributed by atoms with van der Waals surface area (Å²) in [5, 5.41) is 4.61. The van der Waals surface area contributed by atoms with Gasteiger partial charge in [0.2, 0.25) is 0 Å². The van der Waals surface area contributed by atoms with E-state index in [9.17, 15) is 0 Å². The number of hydrogen-bond acceptors (Lipinski definition) is 5. The zero-order chi connectivity index (χ0) is 37.5. The molecule has 0 N–H and O–H groups in total. The van der Waals surface area contributed by atoms with Crippen LogP contribution in [0.1, 0.15) is 22.3 Å². The van der Waals surface area contributed by atoms with E-state index < -0.39 is 5.41 Å². The quantitative estimate of drug-likeness (QED) is 0.176. The molecular weight excluding hydrogens is 715 g/mol. The number of nitrogens with zero attached hydrogens (tertiary/aromatic N) is 3. The Morgan fingerprint density at radius 1 is 0.386 bits per heavy atom. The van der Waals surface area contributed by atoms with Crippen molar-refractivity contribution in [2.45, 2.75) is 5.41 Å². The smallest absolute Gasteiger partial charge is 0.164 e. The van der Waals surface area contributed by atoms with Gasteiger partial charge in [-0.1, -0.05) is 158 Å². The topological polar surface area (TPSA) is 51.8 Å². The van der Waals surface area contributed by atoms with E-state index in [1.165, 1.54) is 53.6 Å². The molecular formula is C52H31N3OS. The van der Waals surface area contributed by atoms with Gasteiger partial charge in [0.25, 0.3) is 0 Å². The molecule has 0 saturated carbocycles. The molecule has 0 saturated heterocycles. The second-order valence-corrected chi connectivity index (χ2v) is 15.8. The molecule has 0 radical (unpaired) electrons. The molecule has 266 valence electrons. The average Bonchev–Trinajstić information content (AvgIpc) is 3.95. The first-order valence-electron chi connectivity index (χ1n) is 19.2. The van der Waals surface area contributed by atoms with Gasteiger partial charge in [0.15, 0.2) is 17.5 Å². The molecule has 8 aromatic carbocycles. The summed E-state index contributed by atoms with van der Waals surface area (Å²) in [5.74, 6) is 1.84. The second kappa shape index (κ2) is 12.4. The van der Waals surface area contributed by atoms with Gasteiger partial charge in [-0.15, -0.1) is 11.3 Å². The third kappa shape index (κ3) is 4.76. The molecule has 12 rings (SSSR count). The van der Waals surface area contributed by atoms with Crippen LogP contribution in [0.2, 0.25) is 0 Å². The van der Waals surface area contributed by atoms with Crippen LogP contribution in [0.25, 0.3) is 87.4 Å². The maximum absolute atomic E-state index is 6.27. The molecule has 0 bridgehead atoms. The normalized spacial score (nSPS) is 13.1. The summed E-state index contributed by atoms with van der Waals surface area (Å²) < 4.78 is 8.87. The van der Waals surface area contributed by atoms with Crippen LogP contribution < -0.4 is 0 Å². The summed E-state index contributed by atoms with van der Waals surface area (Å²) in [6.45, 7) is 0. The molecule has 0 amide bonds. The van der Waals surface area contributed by atoms with E-state index in [1.807, 2.05) is 72.0 Å². The van der Waals surface area contributed by atoms with Gasteiger partial charge in [-0.25, -0.2) is 15.0 Å². The molecule has 4 nitrogen and oxygen atoms in total. The summed E-state index contributed by atoms with van der Waals surface area (Å²) in [7, 11) is 0. The number of fused-ring (bicyclic) bond motifs is 9. The van der Waals surface area contributed by atoms with Crippen LogP contribution in [0.3, 0.4) is 0 Å². The highest BCUT2D eigenvalue weighted by atomic mass is 32.1. The monoisotopic (exact) mass is 745 g/mol. The largest absolute Gasteiger partial charge is 0.456 e. The summed E-state index contributed by atoms with van der Waals surface area (Å²) >= 11 is 1.85. The van der Waals surface area contributed by atoms with Gasteiger partial charge in [-0.05, 0) is 63.7 Å². The number of hydrogen-bond donors (Lipinski definition) is 0. The maximum Gasteiger partial charge on any atom is 0.164 e. The standard InChI is InChI=1S/C52H31N3OS/c1-2-13-32(14-3-1)49-53-50(55-51(54-49)40-19-12-23-45-48(40)39-18-6-10-22-44(39)56-45)33-25-27-34(28-26-33)52(42-20-8-4-15-36(42)37-16-5-9-21-43(37)52)35-29-30-47-41(31-35)38-17-7-11-24-46(38)57-47/h1-31H. The lowest BCUT2D eigenvalue weighted by Gasteiger charge is -2.34. The number of rotatable bonds is 5. The van der Waals surface area contributed by atoms with Gasteiger partial charge < -0.3 is 4.42 Å². The van der Waals surface area contributed by atoms with Crippen LogP contribution in [0, 0.1) is 0 Å². The number of para-hydroxylation sites is 1. The molecule has 57 heavy (non-hydrogen) atoms. The van der Waals surface area contributed by atoms with Crippen LogP contribution in [0.15, 0.2) is 192 Å². The molecule has 11 aromatic rings. The van der Waals surface area contributed by atoms with E-state index in [4.69, 9.17) is 19.4 Å². The third-order valence-corrected chi connectivity index (χ3v) is 12.8. The number of thiophene rings is 1. The van der Waals surface area contributed by atoms with Crippen molar-refractivity contribution in [1.29, 1.82) is 0 Å². The van der Waals surface area contributed by atoms with Crippen molar-refractivity contribution in [1.82, 2.24) is 15.0 Å². The first-order valence-corrected chi connectivity index (χ1v) is 20.0. The van der Waals surface area contributed by atoms with Crippen molar-refractivity contribution in [2.24, 2.45) is 0 Å². The van der Waals surface area contributed by atoms with Crippen molar-refractivity contribution < 1.29 is 4.42 Å². The minimum absolute atomic E-state index is 0.541. The molecule has 1 aliphatic rings. The number of furan rings is 1. The highest BCUT2D eigenvalue weighted by Crippen LogP contribution is 2.56. The van der Waals surface area contributed by atoms with Gasteiger partial charge in [0.1, 0.15) is 11.2 Å². The first kappa shape index (κ1) is 32.1. The Balaban J connectivity index is 1.07. The fourth-order valence-electron chi connectivity index (χ4n) is 9.16. The van der Waals surface area contributed by atoms with E-state index in [1.54, 1.807) is 0 Å². The predicted molar refractivity (Wildman–Crippen MR) is 234 cm³/mol. The summed E-state index contributed by atoms with van der Waals surface area (Å²) in [4.78, 5) is 15.4. The fourth-order valence-corrected chi connectivity index (χ4v) is 10.2. The number of aromatic nitrogens is 3. The summed E-state index contributed by atoms with van der Waals surface area (Å²) in [6.07, 6.45) is 0. The van der Waals surface area contributed by atoms with Crippen molar-refractivity contribution in [2.75, 3.05) is 0 Å². The fraction of sp³-hybridized carbons (Fsp3) is 0.0192. The van der Waals surface area contributed by atoms with Crippen LogP contribution in [0.4, 0.5) is 0 Å². The van der Waals surface area contributed by atoms with E-state index >= 15 is 0 Å². The highest BCUT2D eigenvalue weighted by Gasteiger charge is 2.46. The summed E-state index contributed by atoms with van der Waals surface area (Å²) in [6, 6.07) is 66.9. The zero-order valence-electron chi connectivity index (χ0n) is 30.6. The molecule has 0 fully saturated rings. The van der Waals surface area contributed by atoms with Crippen LogP contribution in [-0.2, 0) is 5.41 Å². The van der Waals surface area contributed by atoms with Crippen molar-refractivity contribution in [3.05, 3.63) is 210 Å². The van der Waals surface area contributed by atoms with Crippen LogP contribution in [-0.4, -0.2) is 15.0 Å². The molecule has 3 heterocycles. The lowest BCUT2D eigenvalue weighted by molar-refractivity contribution is 0.669. The van der Waals surface area contributed by atoms with E-state index in [0.29, 0.717) is 17.5 Å². The highest BCUT2D eigenvalue weighted by molar-refractivity contribution is 7.25. The Labute approximate surface area is 332 Å². The predicted octanol–water partition coefficient (Wildman–Crippen LogP) is 13.5. The maximum atomic E-state index is 6.27. The lowest BCUT2D eigenvalue weighted by atomic mass is 9.67. The van der Waals surface area contributed by atoms with Gasteiger partial charge in [0, 0.05) is 47.6 Å². The molecule has 0 spiro atoms. The lowest BCUT2D eigenvalue weighted by Crippen LogP contribution is -2.28. The zero-order valence-corrected chi connectivity index (χ0v) is 31.4. The molecule has 5 heteroatoms. The van der Waals surface area contributed by atoms with Gasteiger partial charge >= 0.3 is 0 Å². The minimum Gasteiger partial charge on any atom is -0.456 e. The van der Waals surface area contributed by atoms with Crippen LogP contribution >= 0.6 is 11.3 Å². The van der Waals surface area contributed by atoms with Crippen LogP contribution in [0.5, 0.6) is 0 Å². The van der Waals surface area contributed by atoms with E-state index in [0.717, 1.165) is 38.6 Å². The molecule has 0 unspecified atom stereocenters. The van der Waals surface area contributed by atoms with E-state index in [2.05, 4.69) is 127 Å². The van der Waals surface area contributed by atoms with E-state index in [-0.39, 0.29) is 0 Å². The second-order valence-electron chi connectivity index (χ2n) is 14.7. The molecule has 3 aromatic heterocycles. The Hall–Kier alpha value is -7.21. The first-order chi connectivity index (χ1) is 28.2. The summed E-state index contributed by atoms with van der Waals surface area (Å²) in [5.41, 5.74) is 11.4. The Bertz CT molecular complexity index is 3320. The molecule has 0 aliphatic heterocycles. The number of benzene rings is 8. The minimum atomic E-state index is -0.541.